The summed E-state index contributed by atoms with van der Waals surface area (Å²) >= 11 is 7.52. The molecule has 130 valence electrons. The van der Waals surface area contributed by atoms with Crippen molar-refractivity contribution in [1.82, 2.24) is 0 Å². The predicted molar refractivity (Wildman–Crippen MR) is 110 cm³/mol. The van der Waals surface area contributed by atoms with Gasteiger partial charge in [0.2, 0.25) is 0 Å². The topological polar surface area (TPSA) is 12.4 Å². The maximum absolute atomic E-state index is 13.0. The molecular weight excluding hydrogens is 365 g/mol. The molecule has 0 amide bonds. The van der Waals surface area contributed by atoms with Gasteiger partial charge in [-0.05, 0) is 72.5 Å². The van der Waals surface area contributed by atoms with Crippen molar-refractivity contribution >= 4 is 34.8 Å². The summed E-state index contributed by atoms with van der Waals surface area (Å²) in [6.07, 6.45) is 1.96. The van der Waals surface area contributed by atoms with E-state index in [9.17, 15) is 4.39 Å². The van der Waals surface area contributed by atoms with E-state index < -0.39 is 0 Å². The van der Waals surface area contributed by atoms with Gasteiger partial charge in [-0.25, -0.2) is 9.38 Å². The van der Waals surface area contributed by atoms with Crippen molar-refractivity contribution in [2.24, 2.45) is 4.99 Å². The predicted octanol–water partition coefficient (Wildman–Crippen LogP) is 7.21. The molecule has 0 aliphatic heterocycles. The van der Waals surface area contributed by atoms with Gasteiger partial charge in [-0.15, -0.1) is 0 Å². The third-order valence-corrected chi connectivity index (χ3v) is 4.70. The van der Waals surface area contributed by atoms with Crippen LogP contribution in [0.2, 0.25) is 5.02 Å². The number of nitrogens with zero attached hydrogens (tertiary/aromatic N) is 1. The molecule has 0 N–H and O–H groups in total. The molecule has 3 aromatic carbocycles. The van der Waals surface area contributed by atoms with Crippen molar-refractivity contribution in [2.45, 2.75) is 11.8 Å². The van der Waals surface area contributed by atoms with Crippen LogP contribution in [-0.2, 0) is 0 Å². The van der Waals surface area contributed by atoms with Crippen LogP contribution in [0.15, 0.2) is 94.2 Å². The van der Waals surface area contributed by atoms with Gasteiger partial charge in [0.1, 0.15) is 5.82 Å². The van der Waals surface area contributed by atoms with Crippen molar-refractivity contribution in [3.8, 4) is 0 Å². The molecule has 0 spiro atoms. The monoisotopic (exact) mass is 381 g/mol. The Morgan fingerprint density at radius 2 is 1.73 bits per heavy atom. The van der Waals surface area contributed by atoms with E-state index in [0.717, 1.165) is 27.4 Å². The van der Waals surface area contributed by atoms with E-state index in [1.807, 2.05) is 66.9 Å². The van der Waals surface area contributed by atoms with Crippen molar-refractivity contribution in [1.29, 1.82) is 0 Å². The second-order valence-electron chi connectivity index (χ2n) is 5.72. The van der Waals surface area contributed by atoms with E-state index in [4.69, 9.17) is 16.6 Å². The molecule has 26 heavy (non-hydrogen) atoms. The Bertz CT molecular complexity index is 931. The highest BCUT2D eigenvalue weighted by atomic mass is 35.5. The normalized spacial score (nSPS) is 11.9. The van der Waals surface area contributed by atoms with Gasteiger partial charge in [0.05, 0.1) is 11.4 Å². The second kappa shape index (κ2) is 8.84. The minimum atomic E-state index is -0.235. The number of rotatable bonds is 5. The van der Waals surface area contributed by atoms with Crippen LogP contribution in [0.25, 0.3) is 0 Å². The number of halogens is 2. The van der Waals surface area contributed by atoms with E-state index >= 15 is 0 Å². The summed E-state index contributed by atoms with van der Waals surface area (Å²) in [4.78, 5) is 5.74. The van der Waals surface area contributed by atoms with E-state index in [1.165, 1.54) is 23.9 Å². The van der Waals surface area contributed by atoms with Gasteiger partial charge in [0.15, 0.2) is 0 Å². The number of benzene rings is 3. The minimum absolute atomic E-state index is 0.235. The first-order valence-electron chi connectivity index (χ1n) is 8.10. The third kappa shape index (κ3) is 5.32. The molecule has 4 heteroatoms. The van der Waals surface area contributed by atoms with Crippen molar-refractivity contribution in [3.63, 3.8) is 0 Å². The summed E-state index contributed by atoms with van der Waals surface area (Å²) in [6.45, 7) is 2.04. The second-order valence-corrected chi connectivity index (χ2v) is 7.13. The van der Waals surface area contributed by atoms with Crippen molar-refractivity contribution in [2.75, 3.05) is 0 Å². The molecular formula is C22H17ClFNS. The fourth-order valence-corrected chi connectivity index (χ4v) is 3.12. The standard InChI is InChI=1S/C22H17ClFNS/c1-16-3-2-4-20(15-16)25-22(17-5-7-18(23)8-6-17)13-14-26-21-11-9-19(24)10-12-21/h2-15H,1H3. The molecule has 0 aliphatic carbocycles. The highest BCUT2D eigenvalue weighted by molar-refractivity contribution is 8.02. The molecule has 0 saturated heterocycles. The molecule has 0 fully saturated rings. The van der Waals surface area contributed by atoms with Gasteiger partial charge >= 0.3 is 0 Å². The Labute approximate surface area is 162 Å². The average molecular weight is 382 g/mol. The molecule has 0 radical (unpaired) electrons. The smallest absolute Gasteiger partial charge is 0.123 e. The lowest BCUT2D eigenvalue weighted by Gasteiger charge is -2.04. The first kappa shape index (κ1) is 18.4. The number of hydrogen-bond donors (Lipinski definition) is 0. The molecule has 0 aromatic heterocycles. The molecule has 3 rings (SSSR count). The lowest BCUT2D eigenvalue weighted by atomic mass is 10.1. The molecule has 3 aromatic rings. The molecule has 0 unspecified atom stereocenters. The first-order chi connectivity index (χ1) is 12.6. The van der Waals surface area contributed by atoms with Crippen LogP contribution >= 0.6 is 23.4 Å². The first-order valence-corrected chi connectivity index (χ1v) is 9.36. The van der Waals surface area contributed by atoms with Gasteiger partial charge in [0, 0.05) is 15.5 Å². The van der Waals surface area contributed by atoms with E-state index in [2.05, 4.69) is 0 Å². The Kier molecular flexibility index (Phi) is 6.26. The van der Waals surface area contributed by atoms with Gasteiger partial charge in [-0.3, -0.25) is 0 Å². The zero-order chi connectivity index (χ0) is 18.4. The fraction of sp³-hybridized carbons (Fsp3) is 0.0455. The van der Waals surface area contributed by atoms with Gasteiger partial charge in [-0.2, -0.15) is 0 Å². The summed E-state index contributed by atoms with van der Waals surface area (Å²) in [7, 11) is 0. The van der Waals surface area contributed by atoms with Crippen LogP contribution < -0.4 is 0 Å². The summed E-state index contributed by atoms with van der Waals surface area (Å²) in [5.41, 5.74) is 3.87. The number of aliphatic imine (C=N–C) groups is 1. The quantitative estimate of drug-likeness (QED) is 0.336. The number of allylic oxidation sites excluding steroid dienone is 1. The van der Waals surface area contributed by atoms with Crippen LogP contribution in [0.4, 0.5) is 10.1 Å². The van der Waals surface area contributed by atoms with Crippen LogP contribution in [-0.4, -0.2) is 5.71 Å². The average Bonchev–Trinajstić information content (AvgIpc) is 2.63. The van der Waals surface area contributed by atoms with Crippen LogP contribution in [0.5, 0.6) is 0 Å². The highest BCUT2D eigenvalue weighted by Gasteiger charge is 2.02. The van der Waals surface area contributed by atoms with E-state index in [0.29, 0.717) is 5.02 Å². The van der Waals surface area contributed by atoms with Gasteiger partial charge in [-0.1, -0.05) is 47.6 Å². The molecule has 1 nitrogen and oxygen atoms in total. The molecule has 0 heterocycles. The van der Waals surface area contributed by atoms with Gasteiger partial charge in [0.25, 0.3) is 0 Å². The van der Waals surface area contributed by atoms with Crippen LogP contribution in [0.3, 0.4) is 0 Å². The zero-order valence-electron chi connectivity index (χ0n) is 14.2. The summed E-state index contributed by atoms with van der Waals surface area (Å²) in [5, 5.41) is 2.64. The third-order valence-electron chi connectivity index (χ3n) is 3.63. The van der Waals surface area contributed by atoms with Crippen LogP contribution in [0, 0.1) is 12.7 Å². The lowest BCUT2D eigenvalue weighted by Crippen LogP contribution is -1.95. The molecule has 0 atom stereocenters. The summed E-state index contributed by atoms with van der Waals surface area (Å²) in [6, 6.07) is 22.1. The highest BCUT2D eigenvalue weighted by Crippen LogP contribution is 2.22. The Morgan fingerprint density at radius 1 is 1.00 bits per heavy atom. The maximum Gasteiger partial charge on any atom is 0.123 e. The molecule has 0 bridgehead atoms. The van der Waals surface area contributed by atoms with Crippen molar-refractivity contribution < 1.29 is 4.39 Å². The SMILES string of the molecule is Cc1cccc(N=C(C=CSc2ccc(F)cc2)c2ccc(Cl)cc2)c1. The minimum Gasteiger partial charge on any atom is -0.248 e. The molecule has 0 saturated carbocycles. The van der Waals surface area contributed by atoms with Crippen molar-refractivity contribution in [3.05, 3.63) is 106 Å². The van der Waals surface area contributed by atoms with Crippen LogP contribution in [0.1, 0.15) is 11.1 Å². The zero-order valence-corrected chi connectivity index (χ0v) is 15.8. The number of aryl methyl sites for hydroxylation is 1. The summed E-state index contributed by atoms with van der Waals surface area (Å²) < 4.78 is 13.0. The van der Waals surface area contributed by atoms with Gasteiger partial charge < -0.3 is 0 Å². The Hall–Kier alpha value is -2.36. The fourth-order valence-electron chi connectivity index (χ4n) is 2.35. The Balaban J connectivity index is 1.88. The summed E-state index contributed by atoms with van der Waals surface area (Å²) in [5.74, 6) is -0.235. The number of hydrogen-bond acceptors (Lipinski definition) is 2. The largest absolute Gasteiger partial charge is 0.248 e. The number of thioether (sulfide) groups is 1. The Morgan fingerprint density at radius 3 is 2.42 bits per heavy atom. The van der Waals surface area contributed by atoms with E-state index in [1.54, 1.807) is 12.1 Å². The maximum atomic E-state index is 13.0. The lowest BCUT2D eigenvalue weighted by molar-refractivity contribution is 0.626. The molecule has 0 aliphatic rings. The van der Waals surface area contributed by atoms with E-state index in [-0.39, 0.29) is 5.82 Å².